The molecule has 43 heavy (non-hydrogen) atoms. The summed E-state index contributed by atoms with van der Waals surface area (Å²) in [6.07, 6.45) is 5.22. The molecule has 0 bridgehead atoms. The van der Waals surface area contributed by atoms with Crippen molar-refractivity contribution in [2.45, 2.75) is 59.1 Å². The van der Waals surface area contributed by atoms with Crippen LogP contribution in [0.25, 0.3) is 12.2 Å². The first-order valence-electron chi connectivity index (χ1n) is 14.7. The van der Waals surface area contributed by atoms with Crippen LogP contribution in [0.2, 0.25) is 0 Å². The molecule has 5 heteroatoms. The Morgan fingerprint density at radius 1 is 0.488 bits per heavy atom. The van der Waals surface area contributed by atoms with E-state index in [1.807, 2.05) is 0 Å². The van der Waals surface area contributed by atoms with Crippen LogP contribution in [0.4, 0.5) is 0 Å². The smallest absolute Gasteiger partial charge is 1.00 e. The molecule has 0 amide bonds. The van der Waals surface area contributed by atoms with Crippen LogP contribution in [0.1, 0.15) is 71.0 Å². The van der Waals surface area contributed by atoms with Gasteiger partial charge in [-0.15, -0.1) is 0 Å². The summed E-state index contributed by atoms with van der Waals surface area (Å²) >= 11 is -1.06. The first kappa shape index (κ1) is 34.6. The molecule has 6 rings (SSSR count). The minimum Gasteiger partial charge on any atom is -1.00 e. The zero-order chi connectivity index (χ0) is 28.8. The average Bonchev–Trinajstić information content (AvgIpc) is 3.47. The molecule has 0 nitrogen and oxygen atoms in total. The molecule has 0 saturated carbocycles. The summed E-state index contributed by atoms with van der Waals surface area (Å²) in [5.41, 5.74) is 6.09. The zero-order valence-corrected chi connectivity index (χ0v) is 31.6. The van der Waals surface area contributed by atoms with E-state index in [0.29, 0.717) is 7.25 Å². The molecule has 2 aliphatic carbocycles. The molecular weight excluding hydrogens is 680 g/mol. The molecule has 4 aromatic carbocycles. The summed E-state index contributed by atoms with van der Waals surface area (Å²) in [5, 5.41) is 6.88. The van der Waals surface area contributed by atoms with Gasteiger partial charge in [0.25, 0.3) is 0 Å². The summed E-state index contributed by atoms with van der Waals surface area (Å²) in [7, 11) is -0.955. The maximum absolute atomic E-state index is 2.63. The first-order chi connectivity index (χ1) is 19.6. The van der Waals surface area contributed by atoms with E-state index < -0.39 is 31.2 Å². The molecule has 4 aromatic rings. The summed E-state index contributed by atoms with van der Waals surface area (Å²) in [5.74, 6) is 0. The number of allylic oxidation sites excluding steroid dienone is 2. The quantitative estimate of drug-likeness (QED) is 0.258. The maximum Gasteiger partial charge on any atom is -1.00 e. The Bertz CT molecular complexity index is 1550. The topological polar surface area (TPSA) is 0 Å². The Hall–Kier alpha value is -1.32. The summed E-state index contributed by atoms with van der Waals surface area (Å²) in [6.45, 7) is 14.9. The van der Waals surface area contributed by atoms with Crippen molar-refractivity contribution in [1.82, 2.24) is 0 Å². The van der Waals surface area contributed by atoms with Gasteiger partial charge in [0.15, 0.2) is 0 Å². The third-order valence-corrected chi connectivity index (χ3v) is 20.0. The predicted molar refractivity (Wildman–Crippen MR) is 180 cm³/mol. The van der Waals surface area contributed by atoms with Crippen molar-refractivity contribution in [2.24, 2.45) is 0 Å². The van der Waals surface area contributed by atoms with Crippen LogP contribution < -0.4 is 35.4 Å². The third kappa shape index (κ3) is 7.09. The molecular formula is C38H40Cl2P2Zr. The van der Waals surface area contributed by atoms with Gasteiger partial charge < -0.3 is 24.8 Å². The fraction of sp³-hybridized carbons (Fsp3) is 0.263. The van der Waals surface area contributed by atoms with Crippen LogP contribution in [-0.4, -0.2) is 10.3 Å². The van der Waals surface area contributed by atoms with Gasteiger partial charge in [-0.2, -0.15) is 0 Å². The Balaban J connectivity index is 0.00000212. The third-order valence-electron chi connectivity index (χ3n) is 8.03. The van der Waals surface area contributed by atoms with Gasteiger partial charge in [-0.05, 0) is 0 Å². The second-order valence-corrected chi connectivity index (χ2v) is 22.9. The van der Waals surface area contributed by atoms with E-state index in [1.54, 1.807) is 21.8 Å². The normalized spacial score (nSPS) is 17.3. The Kier molecular flexibility index (Phi) is 11.2. The summed E-state index contributed by atoms with van der Waals surface area (Å²) < 4.78 is 1.15. The molecule has 0 saturated heterocycles. The molecule has 0 aromatic heterocycles. The molecule has 0 fully saturated rings. The van der Waals surface area contributed by atoms with Crippen LogP contribution in [-0.2, 0) is 23.2 Å². The standard InChI is InChI=1S/C21H16P.C17H24P.2ClH.Zr/c1-3-11-19(12-4-1)22(20-13-5-2-6-14-20)21-15-17-9-7-8-10-18(17)16-21;1-16(2,3)18(17(4,5)6)15-11-13-9-7-8-10-14(13)12-15;;;/h1-16H;7-12H,1-6H3;2*1H;/q;;;;+2/p-2. The number of fused-ring (bicyclic) bond motifs is 2. The Morgan fingerprint density at radius 2 is 0.860 bits per heavy atom. The van der Waals surface area contributed by atoms with Crippen molar-refractivity contribution in [3.05, 3.63) is 142 Å². The van der Waals surface area contributed by atoms with Crippen LogP contribution in [0.5, 0.6) is 0 Å². The van der Waals surface area contributed by atoms with Crippen LogP contribution in [0, 0.1) is 0 Å². The molecule has 0 radical (unpaired) electrons. The van der Waals surface area contributed by atoms with Crippen molar-refractivity contribution in [3.63, 3.8) is 0 Å². The predicted octanol–water partition coefficient (Wildman–Crippen LogP) is 4.48. The first-order valence-corrected chi connectivity index (χ1v) is 20.2. The van der Waals surface area contributed by atoms with Crippen molar-refractivity contribution in [1.29, 1.82) is 0 Å². The minimum absolute atomic E-state index is 0. The van der Waals surface area contributed by atoms with E-state index >= 15 is 0 Å². The Labute approximate surface area is 285 Å². The molecule has 0 heterocycles. The van der Waals surface area contributed by atoms with Crippen LogP contribution in [0.3, 0.4) is 0 Å². The van der Waals surface area contributed by atoms with E-state index in [-0.39, 0.29) is 43.0 Å². The summed E-state index contributed by atoms with van der Waals surface area (Å²) in [4.78, 5) is 0. The van der Waals surface area contributed by atoms with E-state index in [0.717, 1.165) is 0 Å². The number of hydrogen-bond donors (Lipinski definition) is 0. The van der Waals surface area contributed by atoms with Crippen LogP contribution in [0.15, 0.2) is 120 Å². The minimum atomic E-state index is -1.06. The van der Waals surface area contributed by atoms with E-state index in [9.17, 15) is 0 Å². The van der Waals surface area contributed by atoms with Gasteiger partial charge in [-0.3, -0.25) is 0 Å². The van der Waals surface area contributed by atoms with Gasteiger partial charge in [0, 0.05) is 0 Å². The number of rotatable bonds is 6. The van der Waals surface area contributed by atoms with E-state index in [2.05, 4.69) is 163 Å². The SMILES string of the molecule is CC(C)(C)P(C1=Cc2ccccc2[CH]1[Zr+2][CH]1C(P(c2ccccc2)c2ccccc2)=Cc2ccccc21)C(C)(C)C.[Cl-].[Cl-]. The second kappa shape index (κ2) is 14.0. The monoisotopic (exact) mass is 718 g/mol. The average molecular weight is 721 g/mol. The second-order valence-electron chi connectivity index (χ2n) is 13.1. The van der Waals surface area contributed by atoms with Gasteiger partial charge in [-0.1, -0.05) is 0 Å². The van der Waals surface area contributed by atoms with Gasteiger partial charge in [0.2, 0.25) is 0 Å². The van der Waals surface area contributed by atoms with E-state index in [1.165, 1.54) is 21.7 Å². The molecule has 0 aliphatic heterocycles. The fourth-order valence-electron chi connectivity index (χ4n) is 6.90. The van der Waals surface area contributed by atoms with Gasteiger partial charge in [0.1, 0.15) is 0 Å². The Morgan fingerprint density at radius 3 is 1.30 bits per heavy atom. The molecule has 0 spiro atoms. The van der Waals surface area contributed by atoms with Crippen molar-refractivity contribution >= 4 is 38.6 Å². The van der Waals surface area contributed by atoms with E-state index in [4.69, 9.17) is 0 Å². The van der Waals surface area contributed by atoms with Gasteiger partial charge >= 0.3 is 263 Å². The molecule has 0 N–H and O–H groups in total. The maximum atomic E-state index is 2.63. The van der Waals surface area contributed by atoms with Crippen LogP contribution >= 0.6 is 15.8 Å². The van der Waals surface area contributed by atoms with Crippen molar-refractivity contribution < 1.29 is 48.0 Å². The number of benzene rings is 4. The molecule has 220 valence electrons. The largest absolute Gasteiger partial charge is 1.00 e. The van der Waals surface area contributed by atoms with Crippen molar-refractivity contribution in [2.75, 3.05) is 0 Å². The van der Waals surface area contributed by atoms with Gasteiger partial charge in [0.05, 0.1) is 0 Å². The van der Waals surface area contributed by atoms with Gasteiger partial charge in [-0.25, -0.2) is 0 Å². The molecule has 2 atom stereocenters. The fourth-order valence-corrected chi connectivity index (χ4v) is 20.7. The number of halogens is 2. The number of hydrogen-bond acceptors (Lipinski definition) is 0. The van der Waals surface area contributed by atoms with Crippen molar-refractivity contribution in [3.8, 4) is 0 Å². The molecule has 2 aliphatic rings. The zero-order valence-electron chi connectivity index (χ0n) is 25.9. The summed E-state index contributed by atoms with van der Waals surface area (Å²) in [6, 6.07) is 41.3. The molecule has 2 unspecified atom stereocenters.